The molecule has 28 heavy (non-hydrogen) atoms. The maximum absolute atomic E-state index is 12.2. The Labute approximate surface area is 179 Å². The highest BCUT2D eigenvalue weighted by Crippen LogP contribution is 2.39. The predicted octanol–water partition coefficient (Wildman–Crippen LogP) is 6.26. The Morgan fingerprint density at radius 2 is 1.89 bits per heavy atom. The molecule has 1 atom stereocenters. The molecule has 5 heteroatoms. The van der Waals surface area contributed by atoms with E-state index in [9.17, 15) is 10.1 Å². The molecule has 146 valence electrons. The molecule has 3 rings (SSSR count). The Morgan fingerprint density at radius 3 is 2.57 bits per heavy atom. The van der Waals surface area contributed by atoms with Crippen LogP contribution < -0.4 is 0 Å². The summed E-state index contributed by atoms with van der Waals surface area (Å²) in [5.41, 5.74) is 3.56. The van der Waals surface area contributed by atoms with Crippen LogP contribution in [0.5, 0.6) is 0 Å². The first-order valence-corrected chi connectivity index (χ1v) is 10.9. The van der Waals surface area contributed by atoms with Gasteiger partial charge in [0.2, 0.25) is 0 Å². The maximum Gasteiger partial charge on any atom is 0.324 e. The van der Waals surface area contributed by atoms with Crippen molar-refractivity contribution in [3.8, 4) is 6.07 Å². The van der Waals surface area contributed by atoms with E-state index in [1.165, 1.54) is 19.3 Å². The fourth-order valence-electron chi connectivity index (χ4n) is 3.80. The summed E-state index contributed by atoms with van der Waals surface area (Å²) in [6.07, 6.45) is 6.26. The lowest BCUT2D eigenvalue weighted by atomic mass is 9.81. The summed E-state index contributed by atoms with van der Waals surface area (Å²) in [7, 11) is 0. The smallest absolute Gasteiger partial charge is 0.324 e. The summed E-state index contributed by atoms with van der Waals surface area (Å²) in [4.78, 5) is 12.2. The van der Waals surface area contributed by atoms with Crippen molar-refractivity contribution in [2.24, 2.45) is 0 Å². The van der Waals surface area contributed by atoms with E-state index >= 15 is 0 Å². The molecule has 0 saturated heterocycles. The van der Waals surface area contributed by atoms with Crippen molar-refractivity contribution >= 4 is 33.5 Å². The van der Waals surface area contributed by atoms with Crippen molar-refractivity contribution in [1.82, 2.24) is 0 Å². The molecular weight excluding hydrogens is 438 g/mol. The van der Waals surface area contributed by atoms with Gasteiger partial charge >= 0.3 is 5.97 Å². The number of rotatable bonds is 6. The number of nitriles is 1. The van der Waals surface area contributed by atoms with E-state index in [1.54, 1.807) is 0 Å². The molecule has 2 aromatic rings. The first kappa shape index (κ1) is 20.9. The van der Waals surface area contributed by atoms with Crippen LogP contribution in [0.4, 0.5) is 0 Å². The number of carbonyl (C=O) groups is 1. The summed E-state index contributed by atoms with van der Waals surface area (Å²) in [6, 6.07) is 15.7. The molecule has 1 aliphatic carbocycles. The van der Waals surface area contributed by atoms with Crippen LogP contribution in [0.25, 0.3) is 0 Å². The van der Waals surface area contributed by atoms with Gasteiger partial charge in [-0.2, -0.15) is 5.26 Å². The Morgan fingerprint density at radius 1 is 1.18 bits per heavy atom. The predicted molar refractivity (Wildman–Crippen MR) is 114 cm³/mol. The molecule has 1 unspecified atom stereocenters. The van der Waals surface area contributed by atoms with Crippen LogP contribution in [0.15, 0.2) is 46.9 Å². The number of hydrogen-bond acceptors (Lipinski definition) is 3. The first-order valence-electron chi connectivity index (χ1n) is 9.65. The third kappa shape index (κ3) is 5.37. The van der Waals surface area contributed by atoms with Crippen molar-refractivity contribution in [2.45, 2.75) is 56.4 Å². The average Bonchev–Trinajstić information content (AvgIpc) is 2.72. The zero-order valence-corrected chi connectivity index (χ0v) is 18.0. The molecule has 0 amide bonds. The fourth-order valence-corrected chi connectivity index (χ4v) is 4.87. The van der Waals surface area contributed by atoms with Crippen LogP contribution in [0, 0.1) is 11.3 Å². The van der Waals surface area contributed by atoms with Gasteiger partial charge in [0.1, 0.15) is 12.0 Å². The van der Waals surface area contributed by atoms with Gasteiger partial charge in [0.05, 0.1) is 11.6 Å². The molecule has 1 aliphatic rings. The number of esters is 1. The summed E-state index contributed by atoms with van der Waals surface area (Å²) in [5.74, 6) is -0.0223. The third-order valence-corrected chi connectivity index (χ3v) is 6.21. The van der Waals surface area contributed by atoms with E-state index in [1.807, 2.05) is 42.5 Å². The monoisotopic (exact) mass is 459 g/mol. The molecular formula is C23H23BrClNO2. The van der Waals surface area contributed by atoms with E-state index in [0.29, 0.717) is 17.9 Å². The van der Waals surface area contributed by atoms with Crippen molar-refractivity contribution in [2.75, 3.05) is 0 Å². The molecule has 1 saturated carbocycles. The maximum atomic E-state index is 12.2. The van der Waals surface area contributed by atoms with Crippen molar-refractivity contribution in [3.63, 3.8) is 0 Å². The molecule has 0 aliphatic heterocycles. The highest BCUT2D eigenvalue weighted by molar-refractivity contribution is 9.10. The second-order valence-electron chi connectivity index (χ2n) is 7.25. The van der Waals surface area contributed by atoms with E-state index in [0.717, 1.165) is 34.0 Å². The molecule has 0 radical (unpaired) electrons. The van der Waals surface area contributed by atoms with Gasteiger partial charge in [-0.25, -0.2) is 0 Å². The zero-order chi connectivity index (χ0) is 19.9. The summed E-state index contributed by atoms with van der Waals surface area (Å²) in [6.45, 7) is 0.205. The molecule has 0 heterocycles. The van der Waals surface area contributed by atoms with Gasteiger partial charge < -0.3 is 4.74 Å². The highest BCUT2D eigenvalue weighted by atomic mass is 79.9. The van der Waals surface area contributed by atoms with E-state index < -0.39 is 11.3 Å². The Balaban J connectivity index is 1.67. The van der Waals surface area contributed by atoms with Crippen molar-refractivity contribution in [3.05, 3.63) is 69.2 Å². The van der Waals surface area contributed by atoms with Gasteiger partial charge in [0.25, 0.3) is 0 Å². The van der Waals surface area contributed by atoms with Gasteiger partial charge in [0.15, 0.2) is 0 Å². The van der Waals surface area contributed by atoms with Gasteiger partial charge in [-0.1, -0.05) is 65.5 Å². The lowest BCUT2D eigenvalue weighted by Gasteiger charge is -2.24. The summed E-state index contributed by atoms with van der Waals surface area (Å²) >= 11 is 9.95. The van der Waals surface area contributed by atoms with Gasteiger partial charge in [0, 0.05) is 4.47 Å². The molecule has 2 aromatic carbocycles. The minimum atomic E-state index is -0.789. The number of nitrogens with zero attached hydrogens (tertiary/aromatic N) is 1. The number of carbonyl (C=O) groups excluding carboxylic acids is 1. The van der Waals surface area contributed by atoms with Crippen LogP contribution >= 0.6 is 27.5 Å². The molecule has 0 bridgehead atoms. The van der Waals surface area contributed by atoms with E-state index in [2.05, 4.69) is 22.0 Å². The second kappa shape index (κ2) is 10.1. The molecule has 0 N–H and O–H groups in total. The minimum absolute atomic E-state index is 0.205. The number of halogens is 2. The minimum Gasteiger partial charge on any atom is -0.460 e. The van der Waals surface area contributed by atoms with Crippen LogP contribution in [-0.2, 0) is 22.6 Å². The molecule has 3 nitrogen and oxygen atoms in total. The normalized spacial score (nSPS) is 15.6. The first-order chi connectivity index (χ1) is 13.6. The van der Waals surface area contributed by atoms with Crippen LogP contribution in [0.1, 0.15) is 60.3 Å². The lowest BCUT2D eigenvalue weighted by molar-refractivity contribution is -0.144. The standard InChI is InChI=1S/C23H23BrClNO2/c24-20-12-17(11-19(14-26)22(20)18-9-5-2-6-10-18)13-21(25)23(27)28-15-16-7-3-1-4-8-16/h1,3-4,7-8,11-12,18,21H,2,5-6,9-10,13,15H2. The Hall–Kier alpha value is -1.83. The van der Waals surface area contributed by atoms with Crippen LogP contribution in [-0.4, -0.2) is 11.3 Å². The third-order valence-electron chi connectivity index (χ3n) is 5.22. The largest absolute Gasteiger partial charge is 0.460 e. The highest BCUT2D eigenvalue weighted by Gasteiger charge is 2.23. The average molecular weight is 461 g/mol. The molecule has 1 fully saturated rings. The summed E-state index contributed by atoms with van der Waals surface area (Å²) < 4.78 is 6.26. The number of alkyl halides is 1. The quantitative estimate of drug-likeness (QED) is 0.377. The van der Waals surface area contributed by atoms with Crippen molar-refractivity contribution < 1.29 is 9.53 Å². The van der Waals surface area contributed by atoms with E-state index in [-0.39, 0.29) is 6.61 Å². The zero-order valence-electron chi connectivity index (χ0n) is 15.7. The topological polar surface area (TPSA) is 50.1 Å². The fraction of sp³-hybridized carbons (Fsp3) is 0.391. The lowest BCUT2D eigenvalue weighted by Crippen LogP contribution is -2.20. The van der Waals surface area contributed by atoms with E-state index in [4.69, 9.17) is 16.3 Å². The molecule has 0 aromatic heterocycles. The van der Waals surface area contributed by atoms with Gasteiger partial charge in [-0.05, 0) is 54.0 Å². The van der Waals surface area contributed by atoms with Crippen LogP contribution in [0.3, 0.4) is 0 Å². The van der Waals surface area contributed by atoms with Crippen LogP contribution in [0.2, 0.25) is 0 Å². The number of benzene rings is 2. The van der Waals surface area contributed by atoms with Crippen molar-refractivity contribution in [1.29, 1.82) is 5.26 Å². The Kier molecular flexibility index (Phi) is 7.53. The number of hydrogen-bond donors (Lipinski definition) is 0. The summed E-state index contributed by atoms with van der Waals surface area (Å²) in [5, 5.41) is 8.87. The number of ether oxygens (including phenoxy) is 1. The second-order valence-corrected chi connectivity index (χ2v) is 8.63. The Bertz CT molecular complexity index is 857. The molecule has 0 spiro atoms. The van der Waals surface area contributed by atoms with Gasteiger partial charge in [-0.15, -0.1) is 11.6 Å². The van der Waals surface area contributed by atoms with Gasteiger partial charge in [-0.3, -0.25) is 4.79 Å². The SMILES string of the molecule is N#Cc1cc(CC(Cl)C(=O)OCc2ccccc2)cc(Br)c1C1CCCCC1.